The van der Waals surface area contributed by atoms with Crippen LogP contribution in [0.5, 0.6) is 0 Å². The number of nitrogens with zero attached hydrogens (tertiary/aromatic N) is 1. The molecular weight excluding hydrogens is 212 g/mol. The van der Waals surface area contributed by atoms with Crippen LogP contribution in [0.1, 0.15) is 26.7 Å². The minimum atomic E-state index is -0.0241. The molecule has 1 saturated heterocycles. The van der Waals surface area contributed by atoms with Gasteiger partial charge in [0.25, 0.3) is 0 Å². The molecular formula is C14H20N2O. The molecule has 1 aliphatic rings. The molecule has 1 aromatic rings. The quantitative estimate of drug-likeness (QED) is 0.866. The highest BCUT2D eigenvalue weighted by Crippen LogP contribution is 2.20. The Bertz CT molecular complexity index is 375. The molecule has 0 radical (unpaired) electrons. The van der Waals surface area contributed by atoms with E-state index in [0.717, 1.165) is 25.1 Å². The van der Waals surface area contributed by atoms with Gasteiger partial charge in [-0.2, -0.15) is 0 Å². The van der Waals surface area contributed by atoms with Crippen molar-refractivity contribution in [2.75, 3.05) is 11.4 Å². The molecule has 1 heterocycles. The highest BCUT2D eigenvalue weighted by molar-refractivity contribution is 5.97. The van der Waals surface area contributed by atoms with Gasteiger partial charge < -0.3 is 10.2 Å². The number of piperidine rings is 1. The number of hydrogen-bond donors (Lipinski definition) is 1. The van der Waals surface area contributed by atoms with Gasteiger partial charge in [0.2, 0.25) is 5.91 Å². The van der Waals surface area contributed by atoms with Crippen molar-refractivity contribution >= 4 is 11.6 Å². The zero-order valence-electron chi connectivity index (χ0n) is 10.5. The summed E-state index contributed by atoms with van der Waals surface area (Å²) in [6, 6.07) is 10.2. The lowest BCUT2D eigenvalue weighted by Gasteiger charge is -2.33. The van der Waals surface area contributed by atoms with Crippen LogP contribution in [-0.2, 0) is 4.79 Å². The number of carbonyl (C=O) groups is 1. The first kappa shape index (κ1) is 12.1. The standard InChI is InChI=1S/C14H20N2O/c1-11(2)15-13-9-6-10-16(14(13)17)12-7-4-3-5-8-12/h3-5,7-8,11,13,15H,6,9-10H2,1-2H3. The van der Waals surface area contributed by atoms with E-state index in [4.69, 9.17) is 0 Å². The number of carbonyl (C=O) groups excluding carboxylic acids is 1. The largest absolute Gasteiger partial charge is 0.311 e. The predicted octanol–water partition coefficient (Wildman–Crippen LogP) is 2.18. The molecule has 0 aliphatic carbocycles. The Balaban J connectivity index is 2.11. The summed E-state index contributed by atoms with van der Waals surface area (Å²) < 4.78 is 0. The molecule has 1 amide bonds. The average molecular weight is 232 g/mol. The number of rotatable bonds is 3. The van der Waals surface area contributed by atoms with Gasteiger partial charge in [0, 0.05) is 18.3 Å². The second-order valence-electron chi connectivity index (χ2n) is 4.84. The summed E-state index contributed by atoms with van der Waals surface area (Å²) in [5.41, 5.74) is 1.01. The fourth-order valence-electron chi connectivity index (χ4n) is 2.30. The van der Waals surface area contributed by atoms with E-state index in [1.807, 2.05) is 35.2 Å². The van der Waals surface area contributed by atoms with Gasteiger partial charge in [0.15, 0.2) is 0 Å². The molecule has 17 heavy (non-hydrogen) atoms. The molecule has 92 valence electrons. The number of para-hydroxylation sites is 1. The SMILES string of the molecule is CC(C)NC1CCCN(c2ccccc2)C1=O. The Hall–Kier alpha value is -1.35. The van der Waals surface area contributed by atoms with E-state index in [0.29, 0.717) is 6.04 Å². The summed E-state index contributed by atoms with van der Waals surface area (Å²) in [6.45, 7) is 4.99. The maximum absolute atomic E-state index is 12.3. The minimum absolute atomic E-state index is 0.0241. The first-order chi connectivity index (χ1) is 8.18. The van der Waals surface area contributed by atoms with Crippen LogP contribution in [0.2, 0.25) is 0 Å². The smallest absolute Gasteiger partial charge is 0.244 e. The summed E-state index contributed by atoms with van der Waals surface area (Å²) in [7, 11) is 0. The van der Waals surface area contributed by atoms with Crippen molar-refractivity contribution < 1.29 is 4.79 Å². The third kappa shape index (κ3) is 2.86. The Morgan fingerprint density at radius 3 is 2.65 bits per heavy atom. The Labute approximate surface area is 103 Å². The molecule has 1 aromatic carbocycles. The van der Waals surface area contributed by atoms with Gasteiger partial charge in [-0.25, -0.2) is 0 Å². The van der Waals surface area contributed by atoms with Gasteiger partial charge in [-0.3, -0.25) is 4.79 Å². The fraction of sp³-hybridized carbons (Fsp3) is 0.500. The van der Waals surface area contributed by atoms with Crippen molar-refractivity contribution in [1.82, 2.24) is 5.32 Å². The molecule has 1 fully saturated rings. The van der Waals surface area contributed by atoms with Crippen LogP contribution in [0.4, 0.5) is 5.69 Å². The van der Waals surface area contributed by atoms with Gasteiger partial charge in [0.1, 0.15) is 0 Å². The third-order valence-electron chi connectivity index (χ3n) is 3.04. The molecule has 0 spiro atoms. The van der Waals surface area contributed by atoms with E-state index in [1.165, 1.54) is 0 Å². The first-order valence-corrected chi connectivity index (χ1v) is 6.31. The lowest BCUT2D eigenvalue weighted by molar-refractivity contribution is -0.121. The van der Waals surface area contributed by atoms with Crippen molar-refractivity contribution in [2.45, 2.75) is 38.8 Å². The summed E-state index contributed by atoms with van der Waals surface area (Å²) in [6.07, 6.45) is 2.01. The predicted molar refractivity (Wildman–Crippen MR) is 70.1 cm³/mol. The Morgan fingerprint density at radius 1 is 1.29 bits per heavy atom. The van der Waals surface area contributed by atoms with Crippen LogP contribution in [-0.4, -0.2) is 24.5 Å². The second kappa shape index (κ2) is 5.32. The Kier molecular flexibility index (Phi) is 3.79. The zero-order chi connectivity index (χ0) is 12.3. The van der Waals surface area contributed by atoms with Crippen LogP contribution >= 0.6 is 0 Å². The number of hydrogen-bond acceptors (Lipinski definition) is 2. The van der Waals surface area contributed by atoms with E-state index in [-0.39, 0.29) is 11.9 Å². The van der Waals surface area contributed by atoms with Gasteiger partial charge in [-0.05, 0) is 25.0 Å². The monoisotopic (exact) mass is 232 g/mol. The number of anilines is 1. The Morgan fingerprint density at radius 2 is 2.00 bits per heavy atom. The van der Waals surface area contributed by atoms with Gasteiger partial charge in [0.05, 0.1) is 6.04 Å². The lowest BCUT2D eigenvalue weighted by Crippen LogP contribution is -2.52. The van der Waals surface area contributed by atoms with Gasteiger partial charge >= 0.3 is 0 Å². The molecule has 0 bridgehead atoms. The summed E-state index contributed by atoms with van der Waals surface area (Å²) in [4.78, 5) is 14.2. The number of amides is 1. The maximum Gasteiger partial charge on any atom is 0.244 e. The first-order valence-electron chi connectivity index (χ1n) is 6.31. The van der Waals surface area contributed by atoms with E-state index in [2.05, 4.69) is 19.2 Å². The normalized spacial score (nSPS) is 21.0. The molecule has 1 atom stereocenters. The minimum Gasteiger partial charge on any atom is -0.311 e. The van der Waals surface area contributed by atoms with E-state index < -0.39 is 0 Å². The summed E-state index contributed by atoms with van der Waals surface area (Å²) in [5.74, 6) is 0.205. The molecule has 0 aromatic heterocycles. The van der Waals surface area contributed by atoms with Crippen molar-refractivity contribution in [3.63, 3.8) is 0 Å². The molecule has 2 rings (SSSR count). The molecule has 1 aliphatic heterocycles. The number of nitrogens with one attached hydrogen (secondary N) is 1. The van der Waals surface area contributed by atoms with Crippen LogP contribution in [0.3, 0.4) is 0 Å². The van der Waals surface area contributed by atoms with Crippen LogP contribution in [0.25, 0.3) is 0 Å². The zero-order valence-corrected chi connectivity index (χ0v) is 10.5. The van der Waals surface area contributed by atoms with Crippen LogP contribution in [0.15, 0.2) is 30.3 Å². The highest BCUT2D eigenvalue weighted by Gasteiger charge is 2.29. The van der Waals surface area contributed by atoms with E-state index in [1.54, 1.807) is 0 Å². The molecule has 3 heteroatoms. The van der Waals surface area contributed by atoms with Crippen LogP contribution < -0.4 is 10.2 Å². The second-order valence-corrected chi connectivity index (χ2v) is 4.84. The van der Waals surface area contributed by atoms with Gasteiger partial charge in [-0.15, -0.1) is 0 Å². The average Bonchev–Trinajstić information content (AvgIpc) is 2.32. The highest BCUT2D eigenvalue weighted by atomic mass is 16.2. The molecule has 1 N–H and O–H groups in total. The third-order valence-corrected chi connectivity index (χ3v) is 3.04. The number of benzene rings is 1. The van der Waals surface area contributed by atoms with Crippen molar-refractivity contribution in [3.8, 4) is 0 Å². The molecule has 0 saturated carbocycles. The van der Waals surface area contributed by atoms with E-state index >= 15 is 0 Å². The fourth-order valence-corrected chi connectivity index (χ4v) is 2.30. The summed E-state index contributed by atoms with van der Waals surface area (Å²) >= 11 is 0. The molecule has 3 nitrogen and oxygen atoms in total. The summed E-state index contributed by atoms with van der Waals surface area (Å²) in [5, 5.41) is 3.34. The maximum atomic E-state index is 12.3. The topological polar surface area (TPSA) is 32.3 Å². The van der Waals surface area contributed by atoms with Gasteiger partial charge in [-0.1, -0.05) is 32.0 Å². The van der Waals surface area contributed by atoms with Crippen molar-refractivity contribution in [3.05, 3.63) is 30.3 Å². The lowest BCUT2D eigenvalue weighted by atomic mass is 10.0. The van der Waals surface area contributed by atoms with Crippen molar-refractivity contribution in [1.29, 1.82) is 0 Å². The van der Waals surface area contributed by atoms with E-state index in [9.17, 15) is 4.79 Å². The van der Waals surface area contributed by atoms with Crippen LogP contribution in [0, 0.1) is 0 Å². The molecule has 1 unspecified atom stereocenters. The van der Waals surface area contributed by atoms with Crippen molar-refractivity contribution in [2.24, 2.45) is 0 Å².